The molecule has 1 aromatic rings. The van der Waals surface area contributed by atoms with Crippen LogP contribution >= 0.6 is 11.8 Å². The molecule has 0 fully saturated rings. The van der Waals surface area contributed by atoms with Crippen molar-refractivity contribution in [1.29, 1.82) is 0 Å². The first-order chi connectivity index (χ1) is 8.47. The van der Waals surface area contributed by atoms with E-state index in [1.165, 1.54) is 14.1 Å². The molecule has 0 spiro atoms. The van der Waals surface area contributed by atoms with Gasteiger partial charge in [-0.25, -0.2) is 9.48 Å². The molecule has 1 heterocycles. The summed E-state index contributed by atoms with van der Waals surface area (Å²) in [7, 11) is 2.99. The third-order valence-electron chi connectivity index (χ3n) is 2.60. The minimum absolute atomic E-state index is 0.154. The topological polar surface area (TPSA) is 68.9 Å². The zero-order chi connectivity index (χ0) is 13.7. The molecule has 6 nitrogen and oxygen atoms in total. The van der Waals surface area contributed by atoms with Crippen molar-refractivity contribution < 1.29 is 0 Å². The minimum atomic E-state index is -0.417. The molecule has 0 amide bonds. The molecule has 1 rings (SSSR count). The van der Waals surface area contributed by atoms with E-state index in [1.807, 2.05) is 18.7 Å². The molecule has 102 valence electrons. The summed E-state index contributed by atoms with van der Waals surface area (Å²) in [4.78, 5) is 23.3. The third kappa shape index (κ3) is 3.63. The number of aromatic nitrogens is 3. The van der Waals surface area contributed by atoms with Gasteiger partial charge in [0.05, 0.1) is 0 Å². The van der Waals surface area contributed by atoms with E-state index >= 15 is 0 Å². The highest BCUT2D eigenvalue weighted by atomic mass is 32.2. The van der Waals surface area contributed by atoms with Gasteiger partial charge in [-0.3, -0.25) is 9.36 Å². The van der Waals surface area contributed by atoms with Crippen LogP contribution in [0.4, 0.5) is 5.82 Å². The highest BCUT2D eigenvalue weighted by Gasteiger charge is 2.10. The van der Waals surface area contributed by atoms with Crippen molar-refractivity contribution in [3.63, 3.8) is 0 Å². The van der Waals surface area contributed by atoms with E-state index < -0.39 is 5.69 Å². The Morgan fingerprint density at radius 3 is 2.67 bits per heavy atom. The Morgan fingerprint density at radius 1 is 1.39 bits per heavy atom. The van der Waals surface area contributed by atoms with E-state index in [9.17, 15) is 9.59 Å². The molecule has 0 saturated heterocycles. The number of hydrogen-bond donors (Lipinski definition) is 1. The first-order valence-electron chi connectivity index (χ1n) is 5.96. The van der Waals surface area contributed by atoms with Gasteiger partial charge in [-0.1, -0.05) is 6.92 Å². The lowest BCUT2D eigenvalue weighted by atomic mass is 10.2. The van der Waals surface area contributed by atoms with Crippen molar-refractivity contribution in [1.82, 2.24) is 14.3 Å². The Labute approximate surface area is 110 Å². The van der Waals surface area contributed by atoms with Gasteiger partial charge in [-0.15, -0.1) is 5.10 Å². The van der Waals surface area contributed by atoms with Crippen LogP contribution in [0.1, 0.15) is 20.3 Å². The maximum absolute atomic E-state index is 11.8. The molecule has 0 aliphatic carbocycles. The van der Waals surface area contributed by atoms with Gasteiger partial charge < -0.3 is 5.32 Å². The Balaban J connectivity index is 2.79. The van der Waals surface area contributed by atoms with E-state index in [0.29, 0.717) is 0 Å². The summed E-state index contributed by atoms with van der Waals surface area (Å²) in [6.07, 6.45) is 0.951. The maximum Gasteiger partial charge on any atom is 0.346 e. The summed E-state index contributed by atoms with van der Waals surface area (Å²) in [6, 6.07) is 0.154. The van der Waals surface area contributed by atoms with Gasteiger partial charge in [-0.05, 0) is 24.9 Å². The molecular weight excluding hydrogens is 252 g/mol. The molecule has 0 saturated carbocycles. The van der Waals surface area contributed by atoms with E-state index in [-0.39, 0.29) is 17.4 Å². The third-order valence-corrected chi connectivity index (χ3v) is 3.54. The van der Waals surface area contributed by atoms with Crippen molar-refractivity contribution in [3.05, 3.63) is 20.8 Å². The lowest BCUT2D eigenvalue weighted by Gasteiger charge is -2.14. The second kappa shape index (κ2) is 6.63. The van der Waals surface area contributed by atoms with Crippen molar-refractivity contribution in [2.75, 3.05) is 16.8 Å². The standard InChI is InChI=1S/C11H20N4O2S/c1-5-18-7-6-8(2)12-9-10(16)14(3)11(17)15(4)13-9/h8H,5-7H2,1-4H3,(H,12,13). The molecule has 1 N–H and O–H groups in total. The monoisotopic (exact) mass is 272 g/mol. The van der Waals surface area contributed by atoms with Crippen molar-refractivity contribution >= 4 is 17.6 Å². The Bertz CT molecular complexity index is 509. The Hall–Kier alpha value is -1.24. The summed E-state index contributed by atoms with van der Waals surface area (Å²) in [6.45, 7) is 4.12. The number of hydrogen-bond acceptors (Lipinski definition) is 5. The van der Waals surface area contributed by atoms with Gasteiger partial charge in [-0.2, -0.15) is 11.8 Å². The van der Waals surface area contributed by atoms with Gasteiger partial charge in [0.1, 0.15) is 0 Å². The SMILES string of the molecule is CCSCCC(C)Nc1nn(C)c(=O)n(C)c1=O. The molecule has 0 radical (unpaired) electrons. The zero-order valence-electron chi connectivity index (χ0n) is 11.3. The molecule has 1 aromatic heterocycles. The normalized spacial score (nSPS) is 12.4. The molecule has 1 atom stereocenters. The van der Waals surface area contributed by atoms with Crippen LogP contribution in [-0.4, -0.2) is 31.9 Å². The van der Waals surface area contributed by atoms with Crippen LogP contribution in [-0.2, 0) is 14.1 Å². The molecule has 7 heteroatoms. The fraction of sp³-hybridized carbons (Fsp3) is 0.727. The van der Waals surface area contributed by atoms with E-state index in [0.717, 1.165) is 27.2 Å². The van der Waals surface area contributed by atoms with E-state index in [1.54, 1.807) is 0 Å². The van der Waals surface area contributed by atoms with Crippen LogP contribution in [0, 0.1) is 0 Å². The molecule has 1 unspecified atom stereocenters. The molecular formula is C11H20N4O2S. The minimum Gasteiger partial charge on any atom is -0.362 e. The van der Waals surface area contributed by atoms with Crippen molar-refractivity contribution in [2.45, 2.75) is 26.3 Å². The number of anilines is 1. The lowest BCUT2D eigenvalue weighted by Crippen LogP contribution is -2.40. The number of thioether (sulfide) groups is 1. The first-order valence-corrected chi connectivity index (χ1v) is 7.11. The molecule has 0 aliphatic rings. The predicted molar refractivity (Wildman–Crippen MR) is 75.4 cm³/mol. The lowest BCUT2D eigenvalue weighted by molar-refractivity contribution is 0.598. The predicted octanol–water partition coefficient (Wildman–Crippen LogP) is 0.423. The smallest absolute Gasteiger partial charge is 0.346 e. The number of rotatable bonds is 6. The highest BCUT2D eigenvalue weighted by Crippen LogP contribution is 2.06. The largest absolute Gasteiger partial charge is 0.362 e. The fourth-order valence-corrected chi connectivity index (χ4v) is 2.31. The maximum atomic E-state index is 11.8. The van der Waals surface area contributed by atoms with Crippen LogP contribution in [0.15, 0.2) is 9.59 Å². The summed E-state index contributed by atoms with van der Waals surface area (Å²) in [5.41, 5.74) is -0.798. The van der Waals surface area contributed by atoms with Gasteiger partial charge in [0.2, 0.25) is 5.82 Å². The quantitative estimate of drug-likeness (QED) is 0.760. The van der Waals surface area contributed by atoms with Crippen LogP contribution in [0.3, 0.4) is 0 Å². The molecule has 0 aliphatic heterocycles. The van der Waals surface area contributed by atoms with Crippen LogP contribution in [0.5, 0.6) is 0 Å². The average molecular weight is 272 g/mol. The number of aryl methyl sites for hydroxylation is 1. The molecule has 18 heavy (non-hydrogen) atoms. The van der Waals surface area contributed by atoms with E-state index in [2.05, 4.69) is 17.3 Å². The van der Waals surface area contributed by atoms with Crippen molar-refractivity contribution in [2.24, 2.45) is 14.1 Å². The summed E-state index contributed by atoms with van der Waals surface area (Å²) in [5, 5.41) is 7.01. The van der Waals surface area contributed by atoms with Gasteiger partial charge >= 0.3 is 5.69 Å². The fourth-order valence-electron chi connectivity index (χ4n) is 1.50. The van der Waals surface area contributed by atoms with Crippen LogP contribution in [0.25, 0.3) is 0 Å². The van der Waals surface area contributed by atoms with Gasteiger partial charge in [0.25, 0.3) is 5.56 Å². The second-order valence-electron chi connectivity index (χ2n) is 4.15. The van der Waals surface area contributed by atoms with Crippen LogP contribution in [0.2, 0.25) is 0 Å². The van der Waals surface area contributed by atoms with Crippen LogP contribution < -0.4 is 16.6 Å². The van der Waals surface area contributed by atoms with Gasteiger partial charge in [0, 0.05) is 20.1 Å². The first kappa shape index (κ1) is 14.8. The number of nitrogens with one attached hydrogen (secondary N) is 1. The highest BCUT2D eigenvalue weighted by molar-refractivity contribution is 7.99. The second-order valence-corrected chi connectivity index (χ2v) is 5.54. The van der Waals surface area contributed by atoms with Gasteiger partial charge in [0.15, 0.2) is 0 Å². The Kier molecular flexibility index (Phi) is 5.46. The zero-order valence-corrected chi connectivity index (χ0v) is 12.1. The molecule has 0 bridgehead atoms. The average Bonchev–Trinajstić information content (AvgIpc) is 2.33. The summed E-state index contributed by atoms with van der Waals surface area (Å²) < 4.78 is 2.22. The van der Waals surface area contributed by atoms with Crippen molar-refractivity contribution in [3.8, 4) is 0 Å². The number of nitrogens with zero attached hydrogens (tertiary/aromatic N) is 3. The summed E-state index contributed by atoms with van der Waals surface area (Å²) in [5.74, 6) is 2.36. The molecule has 0 aromatic carbocycles. The summed E-state index contributed by atoms with van der Waals surface area (Å²) >= 11 is 1.86. The Morgan fingerprint density at radius 2 is 2.06 bits per heavy atom. The van der Waals surface area contributed by atoms with E-state index in [4.69, 9.17) is 0 Å².